The van der Waals surface area contributed by atoms with Gasteiger partial charge in [0.05, 0.1) is 26.2 Å². The number of nitriles is 1. The van der Waals surface area contributed by atoms with E-state index in [1.165, 1.54) is 14.2 Å². The largest absolute Gasteiger partial charge is 0.493 e. The number of methoxy groups -OCH3 is 2. The number of aldehydes is 1. The van der Waals surface area contributed by atoms with Crippen molar-refractivity contribution in [2.75, 3.05) is 14.2 Å². The fraction of sp³-hybridized carbons (Fsp3) is 0.333. The Morgan fingerprint density at radius 1 is 1.44 bits per heavy atom. The molecule has 1 atom stereocenters. The average molecular weight is 219 g/mol. The van der Waals surface area contributed by atoms with Crippen LogP contribution in [-0.4, -0.2) is 20.5 Å². The molecular weight excluding hydrogens is 206 g/mol. The van der Waals surface area contributed by atoms with Gasteiger partial charge in [0.15, 0.2) is 11.5 Å². The maximum atomic E-state index is 10.9. The molecule has 0 aliphatic carbocycles. The van der Waals surface area contributed by atoms with E-state index >= 15 is 0 Å². The second-order valence-corrected chi connectivity index (χ2v) is 3.19. The standard InChI is InChI=1S/C12H13NO3/c1-15-11-5-3-4-10(12(11)16-2)9(8-14)6-7-13/h3-5,8-9H,6H2,1-2H3. The number of carbonyl (C=O) groups excluding carboxylic acids is 1. The molecule has 0 aliphatic rings. The van der Waals surface area contributed by atoms with E-state index in [-0.39, 0.29) is 6.42 Å². The number of hydrogen-bond donors (Lipinski definition) is 0. The number of nitrogens with zero attached hydrogens (tertiary/aromatic N) is 1. The van der Waals surface area contributed by atoms with E-state index in [4.69, 9.17) is 14.7 Å². The Morgan fingerprint density at radius 3 is 2.69 bits per heavy atom. The summed E-state index contributed by atoms with van der Waals surface area (Å²) in [6.07, 6.45) is 0.882. The van der Waals surface area contributed by atoms with Gasteiger partial charge in [-0.3, -0.25) is 0 Å². The van der Waals surface area contributed by atoms with Crippen molar-refractivity contribution < 1.29 is 14.3 Å². The molecule has 0 spiro atoms. The Kier molecular flexibility index (Phi) is 4.34. The van der Waals surface area contributed by atoms with Crippen LogP contribution in [0.3, 0.4) is 0 Å². The Balaban J connectivity index is 3.21. The number of rotatable bonds is 5. The number of ether oxygens (including phenoxy) is 2. The van der Waals surface area contributed by atoms with Crippen molar-refractivity contribution in [3.05, 3.63) is 23.8 Å². The first-order valence-corrected chi connectivity index (χ1v) is 4.81. The molecule has 0 fully saturated rings. The maximum Gasteiger partial charge on any atom is 0.164 e. The monoisotopic (exact) mass is 219 g/mol. The normalized spacial score (nSPS) is 11.3. The minimum absolute atomic E-state index is 0.132. The zero-order valence-electron chi connectivity index (χ0n) is 9.27. The molecule has 16 heavy (non-hydrogen) atoms. The van der Waals surface area contributed by atoms with E-state index in [9.17, 15) is 4.79 Å². The van der Waals surface area contributed by atoms with Crippen molar-refractivity contribution in [3.8, 4) is 17.6 Å². The van der Waals surface area contributed by atoms with Crippen LogP contribution in [0.15, 0.2) is 18.2 Å². The summed E-state index contributed by atoms with van der Waals surface area (Å²) in [5.41, 5.74) is 0.679. The van der Waals surface area contributed by atoms with Crippen LogP contribution in [0, 0.1) is 11.3 Å². The van der Waals surface area contributed by atoms with Crippen LogP contribution in [0.1, 0.15) is 17.9 Å². The maximum absolute atomic E-state index is 10.9. The smallest absolute Gasteiger partial charge is 0.164 e. The van der Waals surface area contributed by atoms with Crippen molar-refractivity contribution in [1.82, 2.24) is 0 Å². The van der Waals surface area contributed by atoms with Gasteiger partial charge in [0.1, 0.15) is 6.29 Å². The SMILES string of the molecule is COc1cccc(C(C=O)CC#N)c1OC. The van der Waals surface area contributed by atoms with Gasteiger partial charge in [0.2, 0.25) is 0 Å². The molecule has 1 aromatic rings. The van der Waals surface area contributed by atoms with Crippen LogP contribution < -0.4 is 9.47 Å². The number of para-hydroxylation sites is 1. The third kappa shape index (κ3) is 2.31. The molecule has 84 valence electrons. The summed E-state index contributed by atoms with van der Waals surface area (Å²) >= 11 is 0. The van der Waals surface area contributed by atoms with Crippen molar-refractivity contribution >= 4 is 6.29 Å². The molecule has 4 nitrogen and oxygen atoms in total. The number of hydrogen-bond acceptors (Lipinski definition) is 4. The zero-order chi connectivity index (χ0) is 12.0. The Labute approximate surface area is 94.4 Å². The topological polar surface area (TPSA) is 59.3 Å². The molecule has 0 saturated carbocycles. The van der Waals surface area contributed by atoms with E-state index < -0.39 is 5.92 Å². The van der Waals surface area contributed by atoms with Gasteiger partial charge in [0, 0.05) is 12.0 Å². The van der Waals surface area contributed by atoms with E-state index in [1.807, 2.05) is 6.07 Å². The summed E-state index contributed by atoms with van der Waals surface area (Å²) in [6.45, 7) is 0. The summed E-state index contributed by atoms with van der Waals surface area (Å²) in [7, 11) is 3.04. The first kappa shape index (κ1) is 12.1. The quantitative estimate of drug-likeness (QED) is 0.709. The van der Waals surface area contributed by atoms with Gasteiger partial charge < -0.3 is 14.3 Å². The minimum atomic E-state index is -0.477. The van der Waals surface area contributed by atoms with Crippen molar-refractivity contribution in [1.29, 1.82) is 5.26 Å². The molecule has 0 amide bonds. The number of carbonyl (C=O) groups is 1. The molecule has 1 unspecified atom stereocenters. The van der Waals surface area contributed by atoms with Gasteiger partial charge in [-0.15, -0.1) is 0 Å². The minimum Gasteiger partial charge on any atom is -0.493 e. The highest BCUT2D eigenvalue weighted by Gasteiger charge is 2.18. The van der Waals surface area contributed by atoms with Crippen LogP contribution in [0.25, 0.3) is 0 Å². The van der Waals surface area contributed by atoms with Gasteiger partial charge in [-0.2, -0.15) is 5.26 Å². The summed E-state index contributed by atoms with van der Waals surface area (Å²) in [5.74, 6) is 0.595. The Bertz CT molecular complexity index is 409. The molecule has 0 aliphatic heterocycles. The Hall–Kier alpha value is -2.02. The highest BCUT2D eigenvalue weighted by atomic mass is 16.5. The van der Waals surface area contributed by atoms with Crippen molar-refractivity contribution in [3.63, 3.8) is 0 Å². The van der Waals surface area contributed by atoms with Gasteiger partial charge in [-0.1, -0.05) is 12.1 Å². The summed E-state index contributed by atoms with van der Waals surface area (Å²) in [6, 6.07) is 7.26. The third-order valence-electron chi connectivity index (χ3n) is 2.31. The van der Waals surface area contributed by atoms with E-state index in [0.29, 0.717) is 17.1 Å². The molecule has 0 radical (unpaired) electrons. The molecule has 0 N–H and O–H groups in total. The molecule has 0 heterocycles. The molecule has 0 aromatic heterocycles. The van der Waals surface area contributed by atoms with Gasteiger partial charge in [-0.05, 0) is 6.07 Å². The second kappa shape index (κ2) is 5.76. The van der Waals surface area contributed by atoms with Crippen LogP contribution in [0.4, 0.5) is 0 Å². The van der Waals surface area contributed by atoms with Gasteiger partial charge in [0.25, 0.3) is 0 Å². The lowest BCUT2D eigenvalue weighted by atomic mass is 9.96. The molecule has 1 rings (SSSR count). The first-order valence-electron chi connectivity index (χ1n) is 4.81. The molecule has 0 bridgehead atoms. The molecular formula is C12H13NO3. The van der Waals surface area contributed by atoms with Crippen molar-refractivity contribution in [2.45, 2.75) is 12.3 Å². The number of benzene rings is 1. The van der Waals surface area contributed by atoms with Crippen LogP contribution in [-0.2, 0) is 4.79 Å². The Morgan fingerprint density at radius 2 is 2.19 bits per heavy atom. The highest BCUT2D eigenvalue weighted by molar-refractivity contribution is 5.66. The summed E-state index contributed by atoms with van der Waals surface area (Å²) in [5, 5.41) is 8.64. The average Bonchev–Trinajstić information content (AvgIpc) is 2.34. The summed E-state index contributed by atoms with van der Waals surface area (Å²) in [4.78, 5) is 10.9. The lowest BCUT2D eigenvalue weighted by molar-refractivity contribution is -0.109. The molecule has 1 aromatic carbocycles. The first-order chi connectivity index (χ1) is 7.78. The third-order valence-corrected chi connectivity index (χ3v) is 2.31. The van der Waals surface area contributed by atoms with Crippen LogP contribution in [0.2, 0.25) is 0 Å². The fourth-order valence-corrected chi connectivity index (χ4v) is 1.53. The van der Waals surface area contributed by atoms with Crippen LogP contribution in [0.5, 0.6) is 11.5 Å². The van der Waals surface area contributed by atoms with Gasteiger partial charge in [-0.25, -0.2) is 0 Å². The predicted octanol–water partition coefficient (Wildman–Crippen LogP) is 1.90. The second-order valence-electron chi connectivity index (χ2n) is 3.19. The molecule has 0 saturated heterocycles. The van der Waals surface area contributed by atoms with E-state index in [1.54, 1.807) is 18.2 Å². The fourth-order valence-electron chi connectivity index (χ4n) is 1.53. The van der Waals surface area contributed by atoms with Crippen LogP contribution >= 0.6 is 0 Å². The molecule has 4 heteroatoms. The predicted molar refractivity (Wildman–Crippen MR) is 58.6 cm³/mol. The lowest BCUT2D eigenvalue weighted by Gasteiger charge is -2.14. The zero-order valence-corrected chi connectivity index (χ0v) is 9.27. The van der Waals surface area contributed by atoms with E-state index in [2.05, 4.69) is 0 Å². The van der Waals surface area contributed by atoms with E-state index in [0.717, 1.165) is 6.29 Å². The van der Waals surface area contributed by atoms with Crippen molar-refractivity contribution in [2.24, 2.45) is 0 Å². The lowest BCUT2D eigenvalue weighted by Crippen LogP contribution is -2.03. The van der Waals surface area contributed by atoms with Gasteiger partial charge >= 0.3 is 0 Å². The summed E-state index contributed by atoms with van der Waals surface area (Å²) < 4.78 is 10.3. The highest BCUT2D eigenvalue weighted by Crippen LogP contribution is 2.35.